The third-order valence-corrected chi connectivity index (χ3v) is 3.49. The van der Waals surface area contributed by atoms with Crippen molar-refractivity contribution in [3.63, 3.8) is 0 Å². The number of aryl methyl sites for hydroxylation is 3. The lowest BCUT2D eigenvalue weighted by molar-refractivity contribution is 0.0697. The van der Waals surface area contributed by atoms with Gasteiger partial charge in [0, 0.05) is 17.6 Å². The van der Waals surface area contributed by atoms with Gasteiger partial charge in [-0.3, -0.25) is 0 Å². The fourth-order valence-electron chi connectivity index (χ4n) is 2.51. The van der Waals surface area contributed by atoms with Crippen LogP contribution in [0.2, 0.25) is 0 Å². The maximum atomic E-state index is 11.1. The van der Waals surface area contributed by atoms with E-state index in [-0.39, 0.29) is 0 Å². The van der Waals surface area contributed by atoms with Gasteiger partial charge in [0.05, 0.1) is 11.1 Å². The molecule has 0 bridgehead atoms. The van der Waals surface area contributed by atoms with E-state index in [0.717, 1.165) is 23.0 Å². The van der Waals surface area contributed by atoms with Crippen LogP contribution in [0, 0.1) is 20.8 Å². The minimum Gasteiger partial charge on any atom is -0.478 e. The maximum Gasteiger partial charge on any atom is 0.335 e. The molecule has 1 heterocycles. The Morgan fingerprint density at radius 1 is 1.29 bits per heavy atom. The lowest BCUT2D eigenvalue weighted by Crippen LogP contribution is -2.00. The quantitative estimate of drug-likeness (QED) is 0.861. The average molecular weight is 231 g/mol. The van der Waals surface area contributed by atoms with Crippen LogP contribution in [0.1, 0.15) is 34.1 Å². The summed E-state index contributed by atoms with van der Waals surface area (Å²) in [5.41, 5.74) is 4.94. The highest BCUT2D eigenvalue weighted by molar-refractivity contribution is 5.97. The van der Waals surface area contributed by atoms with Crippen LogP contribution in [-0.2, 0) is 6.54 Å². The Morgan fingerprint density at radius 2 is 1.94 bits per heavy atom. The summed E-state index contributed by atoms with van der Waals surface area (Å²) in [6, 6.07) is 3.52. The highest BCUT2D eigenvalue weighted by atomic mass is 16.4. The fraction of sp³-hybridized carbons (Fsp3) is 0.357. The predicted molar refractivity (Wildman–Crippen MR) is 68.8 cm³/mol. The number of benzene rings is 1. The lowest BCUT2D eigenvalue weighted by atomic mass is 10.0. The van der Waals surface area contributed by atoms with Crippen LogP contribution in [0.15, 0.2) is 12.1 Å². The van der Waals surface area contributed by atoms with Gasteiger partial charge in [-0.05, 0) is 51.0 Å². The molecule has 0 spiro atoms. The van der Waals surface area contributed by atoms with Crippen LogP contribution in [-0.4, -0.2) is 15.6 Å². The summed E-state index contributed by atoms with van der Waals surface area (Å²) in [5.74, 6) is -0.865. The fourth-order valence-corrected chi connectivity index (χ4v) is 2.51. The van der Waals surface area contributed by atoms with Gasteiger partial charge in [-0.15, -0.1) is 0 Å². The minimum atomic E-state index is -0.865. The van der Waals surface area contributed by atoms with Gasteiger partial charge in [-0.1, -0.05) is 0 Å². The molecule has 0 saturated heterocycles. The molecule has 3 heteroatoms. The summed E-state index contributed by atoms with van der Waals surface area (Å²) >= 11 is 0. The van der Waals surface area contributed by atoms with E-state index in [9.17, 15) is 4.79 Å². The molecule has 0 atom stereocenters. The van der Waals surface area contributed by atoms with Crippen LogP contribution in [0.5, 0.6) is 0 Å². The Labute approximate surface area is 101 Å². The molecule has 2 rings (SSSR count). The maximum absolute atomic E-state index is 11.1. The van der Waals surface area contributed by atoms with Crippen LogP contribution < -0.4 is 0 Å². The van der Waals surface area contributed by atoms with Crippen molar-refractivity contribution in [1.82, 2.24) is 4.57 Å². The first-order chi connectivity index (χ1) is 7.97. The number of rotatable bonds is 2. The monoisotopic (exact) mass is 231 g/mol. The third kappa shape index (κ3) is 1.62. The molecule has 0 unspecified atom stereocenters. The molecule has 1 N–H and O–H groups in total. The molecule has 17 heavy (non-hydrogen) atoms. The number of aromatic carboxylic acids is 1. The van der Waals surface area contributed by atoms with E-state index in [1.165, 1.54) is 11.3 Å². The van der Waals surface area contributed by atoms with Gasteiger partial charge >= 0.3 is 5.97 Å². The zero-order chi connectivity index (χ0) is 12.7. The highest BCUT2D eigenvalue weighted by Crippen LogP contribution is 2.29. The van der Waals surface area contributed by atoms with Crippen LogP contribution in [0.4, 0.5) is 0 Å². The van der Waals surface area contributed by atoms with E-state index in [4.69, 9.17) is 5.11 Å². The zero-order valence-corrected chi connectivity index (χ0v) is 10.7. The molecule has 3 nitrogen and oxygen atoms in total. The van der Waals surface area contributed by atoms with E-state index in [1.807, 2.05) is 6.92 Å². The van der Waals surface area contributed by atoms with E-state index in [2.05, 4.69) is 25.3 Å². The van der Waals surface area contributed by atoms with Crippen molar-refractivity contribution in [1.29, 1.82) is 0 Å². The number of fused-ring (bicyclic) bond motifs is 1. The molecule has 0 aliphatic heterocycles. The SMILES string of the molecule is CCn1c(C)c(C)c2cc(C(=O)O)cc(C)c21. The second-order valence-corrected chi connectivity index (χ2v) is 4.45. The highest BCUT2D eigenvalue weighted by Gasteiger charge is 2.14. The van der Waals surface area contributed by atoms with Gasteiger partial charge < -0.3 is 9.67 Å². The van der Waals surface area contributed by atoms with Crippen molar-refractivity contribution in [2.75, 3.05) is 0 Å². The number of nitrogens with zero attached hydrogens (tertiary/aromatic N) is 1. The van der Waals surface area contributed by atoms with Crippen molar-refractivity contribution in [2.45, 2.75) is 34.2 Å². The summed E-state index contributed by atoms with van der Waals surface area (Å²) in [5, 5.41) is 10.1. The Hall–Kier alpha value is -1.77. The number of aromatic nitrogens is 1. The van der Waals surface area contributed by atoms with Gasteiger partial charge in [0.1, 0.15) is 0 Å². The van der Waals surface area contributed by atoms with E-state index >= 15 is 0 Å². The number of carboxylic acid groups (broad SMARTS) is 1. The van der Waals surface area contributed by atoms with E-state index < -0.39 is 5.97 Å². The Kier molecular flexibility index (Phi) is 2.69. The molecular formula is C14H17NO2. The normalized spacial score (nSPS) is 11.1. The van der Waals surface area contributed by atoms with Gasteiger partial charge in [-0.25, -0.2) is 4.79 Å². The lowest BCUT2D eigenvalue weighted by Gasteiger charge is -2.07. The first-order valence-corrected chi connectivity index (χ1v) is 5.80. The molecule has 0 saturated carbocycles. The van der Waals surface area contributed by atoms with Crippen molar-refractivity contribution < 1.29 is 9.90 Å². The molecular weight excluding hydrogens is 214 g/mol. The minimum absolute atomic E-state index is 0.367. The van der Waals surface area contributed by atoms with Crippen LogP contribution in [0.3, 0.4) is 0 Å². The molecule has 2 aromatic rings. The number of hydrogen-bond donors (Lipinski definition) is 1. The molecule has 0 radical (unpaired) electrons. The largest absolute Gasteiger partial charge is 0.478 e. The molecule has 0 fully saturated rings. The predicted octanol–water partition coefficient (Wildman–Crippen LogP) is 3.28. The van der Waals surface area contributed by atoms with Gasteiger partial charge in [-0.2, -0.15) is 0 Å². The average Bonchev–Trinajstić information content (AvgIpc) is 2.53. The third-order valence-electron chi connectivity index (χ3n) is 3.49. The van der Waals surface area contributed by atoms with Gasteiger partial charge in [0.15, 0.2) is 0 Å². The Bertz CT molecular complexity index is 608. The Balaban J connectivity index is 2.91. The second kappa shape index (κ2) is 3.91. The van der Waals surface area contributed by atoms with Crippen molar-refractivity contribution in [2.24, 2.45) is 0 Å². The molecule has 90 valence electrons. The molecule has 0 aliphatic rings. The standard InChI is InChI=1S/C14H17NO2/c1-5-15-10(4)9(3)12-7-11(14(16)17)6-8(2)13(12)15/h6-7H,5H2,1-4H3,(H,16,17). The zero-order valence-electron chi connectivity index (χ0n) is 10.7. The summed E-state index contributed by atoms with van der Waals surface area (Å²) in [6.07, 6.45) is 0. The molecule has 1 aromatic heterocycles. The number of hydrogen-bond acceptors (Lipinski definition) is 1. The number of carboxylic acids is 1. The van der Waals surface area contributed by atoms with Crippen LogP contribution in [0.25, 0.3) is 10.9 Å². The van der Waals surface area contributed by atoms with Gasteiger partial charge in [0.2, 0.25) is 0 Å². The second-order valence-electron chi connectivity index (χ2n) is 4.45. The van der Waals surface area contributed by atoms with Gasteiger partial charge in [0.25, 0.3) is 0 Å². The molecule has 1 aromatic carbocycles. The van der Waals surface area contributed by atoms with Crippen molar-refractivity contribution in [3.05, 3.63) is 34.5 Å². The van der Waals surface area contributed by atoms with Crippen LogP contribution >= 0.6 is 0 Å². The molecule has 0 aliphatic carbocycles. The Morgan fingerprint density at radius 3 is 2.47 bits per heavy atom. The van der Waals surface area contributed by atoms with Crippen molar-refractivity contribution >= 4 is 16.9 Å². The summed E-state index contributed by atoms with van der Waals surface area (Å²) in [7, 11) is 0. The summed E-state index contributed by atoms with van der Waals surface area (Å²) in [6.45, 7) is 9.12. The smallest absolute Gasteiger partial charge is 0.335 e. The van der Waals surface area contributed by atoms with Crippen molar-refractivity contribution in [3.8, 4) is 0 Å². The van der Waals surface area contributed by atoms with E-state index in [0.29, 0.717) is 5.56 Å². The van der Waals surface area contributed by atoms with E-state index in [1.54, 1.807) is 12.1 Å². The summed E-state index contributed by atoms with van der Waals surface area (Å²) in [4.78, 5) is 11.1. The summed E-state index contributed by atoms with van der Waals surface area (Å²) < 4.78 is 2.24. The topological polar surface area (TPSA) is 42.2 Å². The first kappa shape index (κ1) is 11.7. The first-order valence-electron chi connectivity index (χ1n) is 5.80. The number of carbonyl (C=O) groups is 1. The molecule has 0 amide bonds.